The van der Waals surface area contributed by atoms with E-state index < -0.39 is 5.60 Å². The SMILES string of the molecule is COc1ccc(C2(O)C[C@H]3CC[C@@H](C2)N3CCCC(=O)c2ccc(C)cc2)cc1. The van der Waals surface area contributed by atoms with E-state index in [1.54, 1.807) is 7.11 Å². The van der Waals surface area contributed by atoms with Gasteiger partial charge in [0.1, 0.15) is 5.75 Å². The monoisotopic (exact) mass is 393 g/mol. The predicted molar refractivity (Wildman–Crippen MR) is 114 cm³/mol. The molecule has 2 saturated heterocycles. The minimum atomic E-state index is -0.758. The van der Waals surface area contributed by atoms with Crippen LogP contribution in [0.4, 0.5) is 0 Å². The molecular formula is C25H31NO3. The van der Waals surface area contributed by atoms with Crippen molar-refractivity contribution in [2.75, 3.05) is 13.7 Å². The van der Waals surface area contributed by atoms with Gasteiger partial charge in [-0.15, -0.1) is 0 Å². The molecule has 0 saturated carbocycles. The smallest absolute Gasteiger partial charge is 0.162 e. The lowest BCUT2D eigenvalue weighted by Crippen LogP contribution is -2.49. The molecule has 2 aromatic carbocycles. The Kier molecular flexibility index (Phi) is 5.75. The maximum atomic E-state index is 12.4. The number of piperidine rings is 1. The minimum Gasteiger partial charge on any atom is -0.497 e. The van der Waals surface area contributed by atoms with Crippen LogP contribution in [0.1, 0.15) is 60.0 Å². The Bertz CT molecular complexity index is 829. The highest BCUT2D eigenvalue weighted by molar-refractivity contribution is 5.96. The van der Waals surface area contributed by atoms with Gasteiger partial charge in [0.15, 0.2) is 5.78 Å². The third-order valence-corrected chi connectivity index (χ3v) is 6.74. The number of benzene rings is 2. The number of aryl methyl sites for hydroxylation is 1. The molecule has 154 valence electrons. The van der Waals surface area contributed by atoms with E-state index in [4.69, 9.17) is 4.74 Å². The van der Waals surface area contributed by atoms with Gasteiger partial charge in [-0.05, 0) is 63.3 Å². The lowest BCUT2D eigenvalue weighted by atomic mass is 9.80. The first-order valence-corrected chi connectivity index (χ1v) is 10.7. The van der Waals surface area contributed by atoms with Crippen LogP contribution in [0.3, 0.4) is 0 Å². The number of carbonyl (C=O) groups excluding carboxylic acids is 1. The summed E-state index contributed by atoms with van der Waals surface area (Å²) in [6, 6.07) is 16.5. The number of fused-ring (bicyclic) bond motifs is 2. The van der Waals surface area contributed by atoms with Gasteiger partial charge < -0.3 is 9.84 Å². The van der Waals surface area contributed by atoms with E-state index in [0.29, 0.717) is 18.5 Å². The minimum absolute atomic E-state index is 0.226. The Morgan fingerprint density at radius 2 is 1.69 bits per heavy atom. The topological polar surface area (TPSA) is 49.8 Å². The summed E-state index contributed by atoms with van der Waals surface area (Å²) in [6.07, 6.45) is 5.26. The number of hydrogen-bond acceptors (Lipinski definition) is 4. The van der Waals surface area contributed by atoms with Crippen LogP contribution in [0, 0.1) is 6.92 Å². The van der Waals surface area contributed by atoms with Crippen LogP contribution in [0.15, 0.2) is 48.5 Å². The lowest BCUT2D eigenvalue weighted by Gasteiger charge is -2.44. The molecule has 1 unspecified atom stereocenters. The standard InChI is InChI=1S/C25H31NO3/c1-18-5-7-19(8-6-18)24(27)4-3-15-26-21-11-12-22(26)17-25(28,16-21)20-9-13-23(29-2)14-10-20/h5-10,13-14,21-22,28H,3-4,11-12,15-17H2,1-2H3/t21-,22+,25?. The van der Waals surface area contributed by atoms with E-state index >= 15 is 0 Å². The first-order valence-electron chi connectivity index (χ1n) is 10.7. The Morgan fingerprint density at radius 1 is 1.07 bits per heavy atom. The van der Waals surface area contributed by atoms with Crippen molar-refractivity contribution in [3.8, 4) is 5.75 Å². The van der Waals surface area contributed by atoms with Gasteiger partial charge in [-0.2, -0.15) is 0 Å². The van der Waals surface area contributed by atoms with E-state index in [9.17, 15) is 9.90 Å². The lowest BCUT2D eigenvalue weighted by molar-refractivity contribution is -0.0570. The summed E-state index contributed by atoms with van der Waals surface area (Å²) in [7, 11) is 1.66. The van der Waals surface area contributed by atoms with Crippen LogP contribution < -0.4 is 4.74 Å². The van der Waals surface area contributed by atoms with Crippen molar-refractivity contribution in [1.82, 2.24) is 4.90 Å². The summed E-state index contributed by atoms with van der Waals surface area (Å²) in [5.74, 6) is 1.04. The summed E-state index contributed by atoms with van der Waals surface area (Å²) in [5.41, 5.74) is 2.22. The average molecular weight is 394 g/mol. The van der Waals surface area contributed by atoms with Gasteiger partial charge in [0, 0.05) is 24.1 Å². The largest absolute Gasteiger partial charge is 0.497 e. The summed E-state index contributed by atoms with van der Waals surface area (Å²) < 4.78 is 5.25. The maximum Gasteiger partial charge on any atom is 0.162 e. The molecule has 3 atom stereocenters. The van der Waals surface area contributed by atoms with Crippen LogP contribution in [0.25, 0.3) is 0 Å². The van der Waals surface area contributed by atoms with Gasteiger partial charge in [0.25, 0.3) is 0 Å². The second-order valence-electron chi connectivity index (χ2n) is 8.68. The maximum absolute atomic E-state index is 12.4. The fourth-order valence-electron chi connectivity index (χ4n) is 5.12. The van der Waals surface area contributed by atoms with Crippen LogP contribution >= 0.6 is 0 Å². The van der Waals surface area contributed by atoms with Gasteiger partial charge in [-0.3, -0.25) is 9.69 Å². The van der Waals surface area contributed by atoms with Gasteiger partial charge in [0.05, 0.1) is 12.7 Å². The van der Waals surface area contributed by atoms with Crippen molar-refractivity contribution in [3.63, 3.8) is 0 Å². The van der Waals surface area contributed by atoms with E-state index in [1.165, 1.54) is 5.56 Å². The average Bonchev–Trinajstić information content (AvgIpc) is 2.98. The number of aliphatic hydroxyl groups is 1. The normalized spacial score (nSPS) is 26.4. The molecule has 2 heterocycles. The van der Waals surface area contributed by atoms with E-state index in [-0.39, 0.29) is 5.78 Å². The van der Waals surface area contributed by atoms with Crippen LogP contribution in [-0.2, 0) is 5.60 Å². The van der Waals surface area contributed by atoms with E-state index in [0.717, 1.165) is 55.5 Å². The number of ether oxygens (including phenoxy) is 1. The fourth-order valence-corrected chi connectivity index (χ4v) is 5.12. The molecule has 0 amide bonds. The number of hydrogen-bond donors (Lipinski definition) is 1. The summed E-state index contributed by atoms with van der Waals surface area (Å²) in [4.78, 5) is 15.0. The summed E-state index contributed by atoms with van der Waals surface area (Å²) in [6.45, 7) is 2.97. The first kappa shape index (κ1) is 20.1. The molecule has 2 fully saturated rings. The number of methoxy groups -OCH3 is 1. The molecule has 0 radical (unpaired) electrons. The number of ketones is 1. The highest BCUT2D eigenvalue weighted by atomic mass is 16.5. The quantitative estimate of drug-likeness (QED) is 0.705. The number of Topliss-reactive ketones (excluding diaryl/α,β-unsaturated/α-hetero) is 1. The van der Waals surface area contributed by atoms with Crippen LogP contribution in [0.5, 0.6) is 5.75 Å². The zero-order chi connectivity index (χ0) is 20.4. The van der Waals surface area contributed by atoms with E-state index in [2.05, 4.69) is 4.90 Å². The van der Waals surface area contributed by atoms with Gasteiger partial charge in [0.2, 0.25) is 0 Å². The number of carbonyl (C=O) groups is 1. The third-order valence-electron chi connectivity index (χ3n) is 6.74. The molecule has 2 aromatic rings. The molecule has 29 heavy (non-hydrogen) atoms. The molecule has 2 aliphatic rings. The Labute approximate surface area is 173 Å². The third kappa shape index (κ3) is 4.24. The first-order chi connectivity index (χ1) is 14.0. The second-order valence-corrected chi connectivity index (χ2v) is 8.68. The predicted octanol–water partition coefficient (Wildman–Crippen LogP) is 4.48. The van der Waals surface area contributed by atoms with Crippen LogP contribution in [-0.4, -0.2) is 41.5 Å². The zero-order valence-electron chi connectivity index (χ0n) is 17.4. The molecule has 0 spiro atoms. The molecular weight excluding hydrogens is 362 g/mol. The van der Waals surface area contributed by atoms with Gasteiger partial charge >= 0.3 is 0 Å². The fraction of sp³-hybridized carbons (Fsp3) is 0.480. The molecule has 4 heteroatoms. The molecule has 1 N–H and O–H groups in total. The highest BCUT2D eigenvalue weighted by Crippen LogP contribution is 2.45. The van der Waals surface area contributed by atoms with Gasteiger partial charge in [-0.25, -0.2) is 0 Å². The second kappa shape index (κ2) is 8.29. The summed E-state index contributed by atoms with van der Waals surface area (Å²) in [5, 5.41) is 11.4. The van der Waals surface area contributed by atoms with Crippen molar-refractivity contribution in [2.24, 2.45) is 0 Å². The Balaban J connectivity index is 1.34. The molecule has 2 aliphatic heterocycles. The zero-order valence-corrected chi connectivity index (χ0v) is 17.4. The number of rotatable bonds is 7. The Morgan fingerprint density at radius 3 is 2.28 bits per heavy atom. The van der Waals surface area contributed by atoms with Crippen molar-refractivity contribution < 1.29 is 14.6 Å². The summed E-state index contributed by atoms with van der Waals surface area (Å²) >= 11 is 0. The van der Waals surface area contributed by atoms with Crippen molar-refractivity contribution in [3.05, 3.63) is 65.2 Å². The highest BCUT2D eigenvalue weighted by Gasteiger charge is 2.47. The molecule has 2 bridgehead atoms. The molecule has 4 nitrogen and oxygen atoms in total. The van der Waals surface area contributed by atoms with Crippen molar-refractivity contribution in [2.45, 2.75) is 63.1 Å². The van der Waals surface area contributed by atoms with Gasteiger partial charge in [-0.1, -0.05) is 42.0 Å². The Hall–Kier alpha value is -2.17. The van der Waals surface area contributed by atoms with Crippen LogP contribution in [0.2, 0.25) is 0 Å². The molecule has 4 rings (SSSR count). The van der Waals surface area contributed by atoms with Crippen molar-refractivity contribution >= 4 is 5.78 Å². The molecule has 0 aliphatic carbocycles. The molecule has 0 aromatic heterocycles. The van der Waals surface area contributed by atoms with E-state index in [1.807, 2.05) is 55.5 Å². The van der Waals surface area contributed by atoms with Crippen molar-refractivity contribution in [1.29, 1.82) is 0 Å². The number of nitrogens with zero attached hydrogens (tertiary/aromatic N) is 1.